The van der Waals surface area contributed by atoms with Gasteiger partial charge < -0.3 is 10.2 Å². The second-order valence-corrected chi connectivity index (χ2v) is 5.31. The van der Waals surface area contributed by atoms with E-state index in [2.05, 4.69) is 5.32 Å². The zero-order valence-corrected chi connectivity index (χ0v) is 13.0. The Balaban J connectivity index is 1.87. The molecule has 0 fully saturated rings. The second-order valence-electron chi connectivity index (χ2n) is 4.90. The molecule has 5 heteroatoms. The van der Waals surface area contributed by atoms with Crippen LogP contribution in [0.4, 0.5) is 0 Å². The van der Waals surface area contributed by atoms with Crippen LogP contribution in [0.1, 0.15) is 15.9 Å². The summed E-state index contributed by atoms with van der Waals surface area (Å²) in [6.45, 7) is 0.440. The summed E-state index contributed by atoms with van der Waals surface area (Å²) in [4.78, 5) is 25.6. The summed E-state index contributed by atoms with van der Waals surface area (Å²) in [7, 11) is 1.71. The smallest absolute Gasteiger partial charge is 0.253 e. The number of carbonyl (C=O) groups excluding carboxylic acids is 2. The van der Waals surface area contributed by atoms with E-state index < -0.39 is 0 Å². The van der Waals surface area contributed by atoms with Crippen LogP contribution in [0.15, 0.2) is 54.6 Å². The molecule has 0 aliphatic carbocycles. The molecule has 22 heavy (non-hydrogen) atoms. The van der Waals surface area contributed by atoms with Crippen molar-refractivity contribution in [3.05, 3.63) is 70.7 Å². The molecule has 2 aromatic rings. The molecule has 0 heterocycles. The number of nitrogens with one attached hydrogen (secondary N) is 1. The van der Waals surface area contributed by atoms with Gasteiger partial charge in [-0.15, -0.1) is 0 Å². The first kappa shape index (κ1) is 16.0. The van der Waals surface area contributed by atoms with Gasteiger partial charge in [-0.3, -0.25) is 9.59 Å². The normalized spacial score (nSPS) is 10.1. The summed E-state index contributed by atoms with van der Waals surface area (Å²) in [5.41, 5.74) is 1.40. The van der Waals surface area contributed by atoms with E-state index in [0.29, 0.717) is 17.1 Å². The maximum Gasteiger partial charge on any atom is 0.253 e. The maximum atomic E-state index is 12.0. The summed E-state index contributed by atoms with van der Waals surface area (Å²) >= 11 is 5.95. The predicted molar refractivity (Wildman–Crippen MR) is 86.7 cm³/mol. The maximum absolute atomic E-state index is 12.0. The van der Waals surface area contributed by atoms with E-state index in [-0.39, 0.29) is 18.4 Å². The van der Waals surface area contributed by atoms with Gasteiger partial charge in [-0.25, -0.2) is 0 Å². The van der Waals surface area contributed by atoms with Crippen molar-refractivity contribution in [3.63, 3.8) is 0 Å². The molecule has 4 nitrogen and oxygen atoms in total. The molecule has 2 rings (SSSR count). The fourth-order valence-electron chi connectivity index (χ4n) is 1.98. The Hall–Kier alpha value is -2.33. The van der Waals surface area contributed by atoms with Gasteiger partial charge in [0.15, 0.2) is 0 Å². The SMILES string of the molecule is CN(Cc1ccccc1)C(=O)CNC(=O)c1ccccc1Cl. The highest BCUT2D eigenvalue weighted by molar-refractivity contribution is 6.33. The van der Waals surface area contributed by atoms with Crippen LogP contribution in [0.3, 0.4) is 0 Å². The molecule has 0 saturated carbocycles. The van der Waals surface area contributed by atoms with Crippen LogP contribution >= 0.6 is 11.6 Å². The lowest BCUT2D eigenvalue weighted by atomic mass is 10.2. The lowest BCUT2D eigenvalue weighted by Gasteiger charge is -2.17. The zero-order chi connectivity index (χ0) is 15.9. The van der Waals surface area contributed by atoms with Gasteiger partial charge in [0, 0.05) is 13.6 Å². The van der Waals surface area contributed by atoms with Gasteiger partial charge in [0.25, 0.3) is 5.91 Å². The minimum atomic E-state index is -0.355. The van der Waals surface area contributed by atoms with E-state index in [9.17, 15) is 9.59 Å². The lowest BCUT2D eigenvalue weighted by Crippen LogP contribution is -2.37. The van der Waals surface area contributed by atoms with Gasteiger partial charge in [-0.1, -0.05) is 54.1 Å². The summed E-state index contributed by atoms with van der Waals surface area (Å²) < 4.78 is 0. The summed E-state index contributed by atoms with van der Waals surface area (Å²) in [5, 5.41) is 2.96. The number of benzene rings is 2. The number of amides is 2. The first-order valence-electron chi connectivity index (χ1n) is 6.88. The highest BCUT2D eigenvalue weighted by Crippen LogP contribution is 2.14. The molecule has 0 atom stereocenters. The number of nitrogens with zero attached hydrogens (tertiary/aromatic N) is 1. The van der Waals surface area contributed by atoms with Crippen molar-refractivity contribution in [1.82, 2.24) is 10.2 Å². The standard InChI is InChI=1S/C17H17ClN2O2/c1-20(12-13-7-3-2-4-8-13)16(21)11-19-17(22)14-9-5-6-10-15(14)18/h2-10H,11-12H2,1H3,(H,19,22). The molecule has 2 amide bonds. The molecule has 0 aliphatic rings. The van der Waals surface area contributed by atoms with Crippen LogP contribution in [-0.4, -0.2) is 30.3 Å². The summed E-state index contributed by atoms with van der Waals surface area (Å²) in [5.74, 6) is -0.517. The topological polar surface area (TPSA) is 49.4 Å². The van der Waals surface area contributed by atoms with Crippen LogP contribution < -0.4 is 5.32 Å². The minimum Gasteiger partial charge on any atom is -0.343 e. The van der Waals surface area contributed by atoms with Crippen molar-refractivity contribution in [1.29, 1.82) is 0 Å². The lowest BCUT2D eigenvalue weighted by molar-refractivity contribution is -0.129. The Morgan fingerprint density at radius 3 is 2.36 bits per heavy atom. The third-order valence-electron chi connectivity index (χ3n) is 3.21. The number of hydrogen-bond donors (Lipinski definition) is 1. The van der Waals surface area contributed by atoms with E-state index in [1.54, 1.807) is 36.2 Å². The average molecular weight is 317 g/mol. The summed E-state index contributed by atoms with van der Waals surface area (Å²) in [6, 6.07) is 16.4. The van der Waals surface area contributed by atoms with Gasteiger partial charge in [0.1, 0.15) is 0 Å². The zero-order valence-electron chi connectivity index (χ0n) is 12.3. The van der Waals surface area contributed by atoms with Crippen molar-refractivity contribution in [2.45, 2.75) is 6.54 Å². The molecule has 0 aromatic heterocycles. The highest BCUT2D eigenvalue weighted by Gasteiger charge is 2.13. The molecule has 114 valence electrons. The highest BCUT2D eigenvalue weighted by atomic mass is 35.5. The molecule has 0 spiro atoms. The van der Waals surface area contributed by atoms with Crippen LogP contribution in [0, 0.1) is 0 Å². The first-order valence-corrected chi connectivity index (χ1v) is 7.26. The van der Waals surface area contributed by atoms with Crippen molar-refractivity contribution in [2.75, 3.05) is 13.6 Å². The number of carbonyl (C=O) groups is 2. The van der Waals surface area contributed by atoms with Gasteiger partial charge in [-0.05, 0) is 17.7 Å². The first-order chi connectivity index (χ1) is 10.6. The number of rotatable bonds is 5. The van der Waals surface area contributed by atoms with E-state index >= 15 is 0 Å². The van der Waals surface area contributed by atoms with Crippen LogP contribution in [0.2, 0.25) is 5.02 Å². The van der Waals surface area contributed by atoms with Crippen LogP contribution in [0.5, 0.6) is 0 Å². The van der Waals surface area contributed by atoms with Crippen LogP contribution in [-0.2, 0) is 11.3 Å². The minimum absolute atomic E-state index is 0.0621. The molecular formula is C17H17ClN2O2. The Morgan fingerprint density at radius 2 is 1.68 bits per heavy atom. The number of likely N-dealkylation sites (N-methyl/N-ethyl adjacent to an activating group) is 1. The Labute approximate surface area is 134 Å². The molecule has 2 aromatic carbocycles. The number of halogens is 1. The average Bonchev–Trinajstić information content (AvgIpc) is 2.53. The molecule has 0 saturated heterocycles. The molecule has 0 unspecified atom stereocenters. The Bertz CT molecular complexity index is 659. The van der Waals surface area contributed by atoms with Crippen molar-refractivity contribution in [2.24, 2.45) is 0 Å². The van der Waals surface area contributed by atoms with E-state index in [4.69, 9.17) is 11.6 Å². The largest absolute Gasteiger partial charge is 0.343 e. The Kier molecular flexibility index (Phi) is 5.55. The third kappa shape index (κ3) is 4.33. The quantitative estimate of drug-likeness (QED) is 0.922. The molecule has 0 radical (unpaired) electrons. The van der Waals surface area contributed by atoms with Gasteiger partial charge in [0.05, 0.1) is 17.1 Å². The van der Waals surface area contributed by atoms with Crippen molar-refractivity contribution >= 4 is 23.4 Å². The third-order valence-corrected chi connectivity index (χ3v) is 3.54. The summed E-state index contributed by atoms with van der Waals surface area (Å²) in [6.07, 6.45) is 0. The molecule has 1 N–H and O–H groups in total. The molecule has 0 aliphatic heterocycles. The molecular weight excluding hydrogens is 300 g/mol. The van der Waals surface area contributed by atoms with Gasteiger partial charge in [-0.2, -0.15) is 0 Å². The fraction of sp³-hybridized carbons (Fsp3) is 0.176. The van der Waals surface area contributed by atoms with Gasteiger partial charge in [0.2, 0.25) is 5.91 Å². The van der Waals surface area contributed by atoms with Gasteiger partial charge >= 0.3 is 0 Å². The number of hydrogen-bond acceptors (Lipinski definition) is 2. The van der Waals surface area contributed by atoms with E-state index in [1.165, 1.54) is 0 Å². The van der Waals surface area contributed by atoms with E-state index in [0.717, 1.165) is 5.56 Å². The predicted octanol–water partition coefficient (Wildman–Crippen LogP) is 2.73. The molecule has 0 bridgehead atoms. The van der Waals surface area contributed by atoms with Crippen molar-refractivity contribution < 1.29 is 9.59 Å². The Morgan fingerprint density at radius 1 is 1.05 bits per heavy atom. The second kappa shape index (κ2) is 7.61. The monoisotopic (exact) mass is 316 g/mol. The fourth-order valence-corrected chi connectivity index (χ4v) is 2.20. The van der Waals surface area contributed by atoms with E-state index in [1.807, 2.05) is 30.3 Å². The van der Waals surface area contributed by atoms with Crippen molar-refractivity contribution in [3.8, 4) is 0 Å². The van der Waals surface area contributed by atoms with Crippen LogP contribution in [0.25, 0.3) is 0 Å².